The Hall–Kier alpha value is -3.23. The minimum absolute atomic E-state index is 0.122. The Balaban J connectivity index is 1.25. The number of aromatic nitrogens is 2. The van der Waals surface area contributed by atoms with Gasteiger partial charge in [-0.1, -0.05) is 17.4 Å². The molecule has 1 fully saturated rings. The van der Waals surface area contributed by atoms with E-state index in [4.69, 9.17) is 9.15 Å². The number of hydrogen-bond acceptors (Lipinski definition) is 7. The number of ether oxygens (including phenoxy) is 1. The van der Waals surface area contributed by atoms with Gasteiger partial charge >= 0.3 is 0 Å². The number of nitrogens with zero attached hydrogens (tertiary/aromatic N) is 3. The predicted molar refractivity (Wildman–Crippen MR) is 125 cm³/mol. The van der Waals surface area contributed by atoms with E-state index < -0.39 is 0 Å². The smallest absolute Gasteiger partial charge is 0.223 e. The molecule has 4 aromatic rings. The lowest BCUT2D eigenvalue weighted by Crippen LogP contribution is -2.28. The van der Waals surface area contributed by atoms with Gasteiger partial charge in [-0.2, -0.15) is 0 Å². The zero-order chi connectivity index (χ0) is 21.9. The summed E-state index contributed by atoms with van der Waals surface area (Å²) in [5.41, 5.74) is 2.87. The van der Waals surface area contributed by atoms with Crippen molar-refractivity contribution in [1.82, 2.24) is 14.9 Å². The van der Waals surface area contributed by atoms with E-state index in [0.717, 1.165) is 52.4 Å². The maximum Gasteiger partial charge on any atom is 0.223 e. The number of benzene rings is 1. The van der Waals surface area contributed by atoms with Gasteiger partial charge in [0.05, 0.1) is 28.7 Å². The van der Waals surface area contributed by atoms with Gasteiger partial charge in [-0.3, -0.25) is 14.7 Å². The Morgan fingerprint density at radius 3 is 3.06 bits per heavy atom. The van der Waals surface area contributed by atoms with Crippen molar-refractivity contribution in [1.29, 1.82) is 0 Å². The Kier molecular flexibility index (Phi) is 5.87. The van der Waals surface area contributed by atoms with E-state index in [1.165, 1.54) is 24.7 Å². The van der Waals surface area contributed by atoms with Crippen LogP contribution in [-0.2, 0) is 4.79 Å². The minimum Gasteiger partial charge on any atom is -0.491 e. The van der Waals surface area contributed by atoms with Crippen LogP contribution in [0.4, 0.5) is 5.13 Å². The van der Waals surface area contributed by atoms with E-state index in [1.54, 1.807) is 12.5 Å². The number of amides is 1. The molecule has 1 N–H and O–H groups in total. The van der Waals surface area contributed by atoms with Crippen molar-refractivity contribution in [2.75, 3.05) is 25.0 Å². The molecule has 0 bridgehead atoms. The highest BCUT2D eigenvalue weighted by Crippen LogP contribution is 2.33. The van der Waals surface area contributed by atoms with E-state index in [0.29, 0.717) is 17.8 Å². The van der Waals surface area contributed by atoms with Gasteiger partial charge in [0.25, 0.3) is 0 Å². The highest BCUT2D eigenvalue weighted by molar-refractivity contribution is 7.22. The number of hydrogen-bond donors (Lipinski definition) is 1. The molecule has 4 heterocycles. The van der Waals surface area contributed by atoms with Crippen LogP contribution in [-0.4, -0.2) is 40.5 Å². The molecule has 1 aromatic carbocycles. The van der Waals surface area contributed by atoms with Crippen molar-refractivity contribution in [3.63, 3.8) is 0 Å². The standard InChI is InChI=1S/C24H24N4O3S/c1-16(29)26-24-27-20-7-6-17(13-23(20)32-24)18-12-19(15-25-14-18)30-11-9-28-8-2-4-21(28)22-5-3-10-31-22/h3,5-7,10,12-15,21H,2,4,8-9,11H2,1H3,(H,26,27,29). The molecule has 1 unspecified atom stereocenters. The third kappa shape index (κ3) is 4.51. The number of furan rings is 1. The van der Waals surface area contributed by atoms with Crippen molar-refractivity contribution in [3.8, 4) is 16.9 Å². The van der Waals surface area contributed by atoms with E-state index in [-0.39, 0.29) is 5.91 Å². The molecule has 0 spiro atoms. The molecule has 0 aliphatic carbocycles. The van der Waals surface area contributed by atoms with Gasteiger partial charge in [0.1, 0.15) is 18.1 Å². The summed E-state index contributed by atoms with van der Waals surface area (Å²) in [6.07, 6.45) is 7.61. The van der Waals surface area contributed by atoms with Gasteiger partial charge in [0, 0.05) is 25.2 Å². The first kappa shape index (κ1) is 20.7. The molecule has 1 aliphatic rings. The fourth-order valence-electron chi connectivity index (χ4n) is 4.14. The molecule has 1 atom stereocenters. The van der Waals surface area contributed by atoms with Gasteiger partial charge in [-0.25, -0.2) is 4.98 Å². The first-order valence-electron chi connectivity index (χ1n) is 10.7. The fraction of sp³-hybridized carbons (Fsp3) is 0.292. The topological polar surface area (TPSA) is 80.5 Å². The number of carbonyl (C=O) groups is 1. The second-order valence-corrected chi connectivity index (χ2v) is 8.88. The normalized spacial score (nSPS) is 16.5. The van der Waals surface area contributed by atoms with Crippen LogP contribution in [0.1, 0.15) is 31.6 Å². The van der Waals surface area contributed by atoms with Gasteiger partial charge in [-0.05, 0) is 55.3 Å². The number of fused-ring (bicyclic) bond motifs is 1. The summed E-state index contributed by atoms with van der Waals surface area (Å²) in [7, 11) is 0. The molecule has 3 aromatic heterocycles. The largest absolute Gasteiger partial charge is 0.491 e. The first-order chi connectivity index (χ1) is 15.7. The summed E-state index contributed by atoms with van der Waals surface area (Å²) in [5.74, 6) is 1.66. The van der Waals surface area contributed by atoms with Crippen LogP contribution in [0.15, 0.2) is 59.5 Å². The highest BCUT2D eigenvalue weighted by atomic mass is 32.1. The third-order valence-corrected chi connectivity index (χ3v) is 6.53. The lowest BCUT2D eigenvalue weighted by atomic mass is 10.1. The van der Waals surface area contributed by atoms with Gasteiger partial charge in [0.2, 0.25) is 5.91 Å². The molecule has 1 amide bonds. The molecule has 8 heteroatoms. The van der Waals surface area contributed by atoms with Gasteiger partial charge in [-0.15, -0.1) is 0 Å². The maximum atomic E-state index is 11.3. The Labute approximate surface area is 190 Å². The van der Waals surface area contributed by atoms with E-state index in [1.807, 2.05) is 30.5 Å². The van der Waals surface area contributed by atoms with Crippen LogP contribution in [0.25, 0.3) is 21.3 Å². The average molecular weight is 449 g/mol. The maximum absolute atomic E-state index is 11.3. The van der Waals surface area contributed by atoms with E-state index in [9.17, 15) is 4.79 Å². The van der Waals surface area contributed by atoms with E-state index >= 15 is 0 Å². The lowest BCUT2D eigenvalue weighted by molar-refractivity contribution is -0.114. The van der Waals surface area contributed by atoms with Crippen LogP contribution >= 0.6 is 11.3 Å². The SMILES string of the molecule is CC(=O)Nc1nc2ccc(-c3cncc(OCCN4CCCC4c4ccco4)c3)cc2s1. The second kappa shape index (κ2) is 9.10. The summed E-state index contributed by atoms with van der Waals surface area (Å²) in [5, 5.41) is 3.35. The number of rotatable bonds is 7. The fourth-order valence-corrected chi connectivity index (χ4v) is 5.09. The predicted octanol–water partition coefficient (Wildman–Crippen LogP) is 5.13. The average Bonchev–Trinajstić information content (AvgIpc) is 3.53. The van der Waals surface area contributed by atoms with Crippen LogP contribution in [0.2, 0.25) is 0 Å². The summed E-state index contributed by atoms with van der Waals surface area (Å²) >= 11 is 1.46. The molecule has 32 heavy (non-hydrogen) atoms. The number of thiazole rings is 1. The minimum atomic E-state index is -0.122. The summed E-state index contributed by atoms with van der Waals surface area (Å²) in [6, 6.07) is 12.4. The zero-order valence-corrected chi connectivity index (χ0v) is 18.6. The number of pyridine rings is 1. The van der Waals surface area contributed by atoms with Gasteiger partial charge < -0.3 is 14.5 Å². The Morgan fingerprint density at radius 2 is 2.22 bits per heavy atom. The van der Waals surface area contributed by atoms with Crippen LogP contribution < -0.4 is 10.1 Å². The Bertz CT molecular complexity index is 1220. The summed E-state index contributed by atoms with van der Waals surface area (Å²) in [6.45, 7) is 3.97. The Morgan fingerprint density at radius 1 is 1.28 bits per heavy atom. The highest BCUT2D eigenvalue weighted by Gasteiger charge is 2.27. The summed E-state index contributed by atoms with van der Waals surface area (Å²) < 4.78 is 12.7. The quantitative estimate of drug-likeness (QED) is 0.422. The molecule has 5 rings (SSSR count). The molecule has 1 aliphatic heterocycles. The summed E-state index contributed by atoms with van der Waals surface area (Å²) in [4.78, 5) is 22.5. The molecule has 7 nitrogen and oxygen atoms in total. The van der Waals surface area contributed by atoms with Crippen molar-refractivity contribution in [2.45, 2.75) is 25.8 Å². The monoisotopic (exact) mass is 448 g/mol. The van der Waals surface area contributed by atoms with Crippen LogP contribution in [0, 0.1) is 0 Å². The third-order valence-electron chi connectivity index (χ3n) is 5.60. The molecule has 164 valence electrons. The lowest BCUT2D eigenvalue weighted by Gasteiger charge is -2.22. The second-order valence-electron chi connectivity index (χ2n) is 7.85. The molecular weight excluding hydrogens is 424 g/mol. The van der Waals surface area contributed by atoms with Crippen molar-refractivity contribution < 1.29 is 13.9 Å². The molecule has 0 radical (unpaired) electrons. The molecule has 0 saturated carbocycles. The zero-order valence-electron chi connectivity index (χ0n) is 17.8. The number of nitrogens with one attached hydrogen (secondary N) is 1. The van der Waals surface area contributed by atoms with Crippen molar-refractivity contribution in [2.24, 2.45) is 0 Å². The number of likely N-dealkylation sites (tertiary alicyclic amines) is 1. The van der Waals surface area contributed by atoms with Gasteiger partial charge in [0.15, 0.2) is 5.13 Å². The first-order valence-corrected chi connectivity index (χ1v) is 11.5. The van der Waals surface area contributed by atoms with E-state index in [2.05, 4.69) is 32.3 Å². The number of carbonyl (C=O) groups excluding carboxylic acids is 1. The van der Waals surface area contributed by atoms with Crippen molar-refractivity contribution in [3.05, 3.63) is 60.8 Å². The molecular formula is C24H24N4O3S. The van der Waals surface area contributed by atoms with Crippen LogP contribution in [0.5, 0.6) is 5.75 Å². The van der Waals surface area contributed by atoms with Crippen LogP contribution in [0.3, 0.4) is 0 Å². The number of anilines is 1. The molecule has 1 saturated heterocycles. The van der Waals surface area contributed by atoms with Crippen molar-refractivity contribution >= 4 is 32.6 Å².